The number of carbonyl (C=O) groups excluding carboxylic acids is 1. The highest BCUT2D eigenvalue weighted by molar-refractivity contribution is 7.99. The average molecular weight is 418 g/mol. The van der Waals surface area contributed by atoms with Gasteiger partial charge in [-0.15, -0.1) is 0 Å². The van der Waals surface area contributed by atoms with Crippen molar-refractivity contribution in [2.45, 2.75) is 32.0 Å². The molecule has 29 heavy (non-hydrogen) atoms. The van der Waals surface area contributed by atoms with Gasteiger partial charge < -0.3 is 25.6 Å². The van der Waals surface area contributed by atoms with Gasteiger partial charge in [0.1, 0.15) is 24.3 Å². The number of hydrogen-bond donors (Lipinski definition) is 3. The zero-order chi connectivity index (χ0) is 20.8. The number of aromatic hydroxyl groups is 1. The number of rotatable bonds is 7. The Morgan fingerprint density at radius 1 is 1.41 bits per heavy atom. The van der Waals surface area contributed by atoms with Crippen molar-refractivity contribution in [2.75, 3.05) is 24.7 Å². The first-order valence-corrected chi connectivity index (χ1v) is 10.9. The number of amides is 1. The Bertz CT molecular complexity index is 846. The van der Waals surface area contributed by atoms with E-state index in [1.165, 1.54) is 6.07 Å². The fraction of sp³-hybridized carbons (Fsp3) is 0.429. The summed E-state index contributed by atoms with van der Waals surface area (Å²) in [5.74, 6) is 1.77. The highest BCUT2D eigenvalue weighted by atomic mass is 32.2. The summed E-state index contributed by atoms with van der Waals surface area (Å²) < 4.78 is 5.89. The lowest BCUT2D eigenvalue weighted by atomic mass is 10.1. The van der Waals surface area contributed by atoms with Crippen LogP contribution in [0.3, 0.4) is 0 Å². The van der Waals surface area contributed by atoms with Crippen molar-refractivity contribution in [2.24, 2.45) is 5.73 Å². The molecule has 1 saturated heterocycles. The van der Waals surface area contributed by atoms with E-state index in [0.29, 0.717) is 17.9 Å². The molecule has 2 aromatic rings. The van der Waals surface area contributed by atoms with Gasteiger partial charge in [-0.3, -0.25) is 9.78 Å². The van der Waals surface area contributed by atoms with E-state index in [-0.39, 0.29) is 29.9 Å². The van der Waals surface area contributed by atoms with E-state index in [1.54, 1.807) is 36.2 Å². The third kappa shape index (κ3) is 5.01. The van der Waals surface area contributed by atoms with Crippen LogP contribution >= 0.6 is 11.8 Å². The molecule has 0 bridgehead atoms. The lowest BCUT2D eigenvalue weighted by molar-refractivity contribution is 0.0643. The number of phenols is 1. The minimum atomic E-state index is -1.35. The molecule has 0 spiro atoms. The first-order chi connectivity index (χ1) is 14.0. The number of benzene rings is 1. The van der Waals surface area contributed by atoms with Crippen LogP contribution in [0.25, 0.3) is 0 Å². The SMILES string of the molecule is CCCc1ncccc1C(=O)N1CCSC[C@H]1COc1cccc(O)c1C(N)O. The van der Waals surface area contributed by atoms with Gasteiger partial charge in [0, 0.05) is 24.2 Å². The summed E-state index contributed by atoms with van der Waals surface area (Å²) in [5.41, 5.74) is 7.16. The predicted octanol–water partition coefficient (Wildman–Crippen LogP) is 2.33. The van der Waals surface area contributed by atoms with Gasteiger partial charge in [-0.1, -0.05) is 19.4 Å². The Balaban J connectivity index is 1.78. The maximum Gasteiger partial charge on any atom is 0.256 e. The molecule has 1 amide bonds. The molecule has 1 aromatic heterocycles. The molecule has 156 valence electrons. The lowest BCUT2D eigenvalue weighted by Crippen LogP contribution is -2.49. The minimum absolute atomic E-state index is 0.0366. The van der Waals surface area contributed by atoms with Crippen LogP contribution in [0.5, 0.6) is 11.5 Å². The van der Waals surface area contributed by atoms with Gasteiger partial charge in [0.25, 0.3) is 5.91 Å². The van der Waals surface area contributed by atoms with Crippen LogP contribution in [0.4, 0.5) is 0 Å². The molecule has 8 heteroatoms. The molecular weight excluding hydrogens is 390 g/mol. The van der Waals surface area contributed by atoms with Crippen LogP contribution in [0, 0.1) is 0 Å². The molecule has 7 nitrogen and oxygen atoms in total. The van der Waals surface area contributed by atoms with Crippen LogP contribution in [0.1, 0.15) is 41.2 Å². The van der Waals surface area contributed by atoms with Crippen molar-refractivity contribution in [3.63, 3.8) is 0 Å². The smallest absolute Gasteiger partial charge is 0.256 e. The summed E-state index contributed by atoms with van der Waals surface area (Å²) in [6.45, 7) is 2.94. The second-order valence-electron chi connectivity index (χ2n) is 6.92. The van der Waals surface area contributed by atoms with E-state index in [1.807, 2.05) is 11.0 Å². The highest BCUT2D eigenvalue weighted by Crippen LogP contribution is 2.32. The number of pyridine rings is 1. The zero-order valence-corrected chi connectivity index (χ0v) is 17.3. The fourth-order valence-electron chi connectivity index (χ4n) is 3.43. The number of aliphatic hydroxyl groups excluding tert-OH is 1. The molecule has 0 aliphatic carbocycles. The second-order valence-corrected chi connectivity index (χ2v) is 8.07. The number of phenolic OH excluding ortho intramolecular Hbond substituents is 1. The second kappa shape index (κ2) is 9.96. The van der Waals surface area contributed by atoms with Gasteiger partial charge in [0.15, 0.2) is 0 Å². The molecule has 2 heterocycles. The Morgan fingerprint density at radius 2 is 2.24 bits per heavy atom. The van der Waals surface area contributed by atoms with Crippen molar-refractivity contribution in [1.29, 1.82) is 0 Å². The predicted molar refractivity (Wildman–Crippen MR) is 113 cm³/mol. The maximum absolute atomic E-state index is 13.3. The topological polar surface area (TPSA) is 109 Å². The van der Waals surface area contributed by atoms with Crippen molar-refractivity contribution in [3.05, 3.63) is 53.3 Å². The van der Waals surface area contributed by atoms with E-state index in [0.717, 1.165) is 30.0 Å². The van der Waals surface area contributed by atoms with E-state index >= 15 is 0 Å². The van der Waals surface area contributed by atoms with Crippen LogP contribution in [-0.2, 0) is 6.42 Å². The highest BCUT2D eigenvalue weighted by Gasteiger charge is 2.30. The summed E-state index contributed by atoms with van der Waals surface area (Å²) >= 11 is 1.77. The number of nitrogens with zero attached hydrogens (tertiary/aromatic N) is 2. The lowest BCUT2D eigenvalue weighted by Gasteiger charge is -2.35. The van der Waals surface area contributed by atoms with Gasteiger partial charge in [0.05, 0.1) is 22.9 Å². The molecule has 0 radical (unpaired) electrons. The molecule has 3 rings (SSSR count). The first kappa shape index (κ1) is 21.4. The number of thioether (sulfide) groups is 1. The van der Waals surface area contributed by atoms with Crippen LogP contribution in [0.15, 0.2) is 36.5 Å². The van der Waals surface area contributed by atoms with E-state index in [9.17, 15) is 15.0 Å². The summed E-state index contributed by atoms with van der Waals surface area (Å²) in [7, 11) is 0. The molecule has 2 atom stereocenters. The summed E-state index contributed by atoms with van der Waals surface area (Å²) in [6, 6.07) is 8.20. The average Bonchev–Trinajstić information content (AvgIpc) is 2.72. The molecule has 1 fully saturated rings. The summed E-state index contributed by atoms with van der Waals surface area (Å²) in [4.78, 5) is 19.5. The minimum Gasteiger partial charge on any atom is -0.507 e. The van der Waals surface area contributed by atoms with E-state index in [4.69, 9.17) is 10.5 Å². The molecule has 4 N–H and O–H groups in total. The zero-order valence-electron chi connectivity index (χ0n) is 16.5. The third-order valence-corrected chi connectivity index (χ3v) is 5.96. The van der Waals surface area contributed by atoms with E-state index in [2.05, 4.69) is 11.9 Å². The van der Waals surface area contributed by atoms with Crippen molar-refractivity contribution < 1.29 is 19.7 Å². The van der Waals surface area contributed by atoms with E-state index < -0.39 is 6.23 Å². The molecule has 1 aliphatic rings. The summed E-state index contributed by atoms with van der Waals surface area (Å²) in [5, 5.41) is 19.7. The summed E-state index contributed by atoms with van der Waals surface area (Å²) in [6.07, 6.45) is 2.04. The monoisotopic (exact) mass is 417 g/mol. The van der Waals surface area contributed by atoms with Gasteiger partial charge in [-0.05, 0) is 30.7 Å². The molecular formula is C21H27N3O4S. The Labute approximate surface area is 174 Å². The standard InChI is InChI=1S/C21H27N3O4S/c1-2-5-16-15(6-4-9-23-16)21(27)24-10-11-29-13-14(24)12-28-18-8-3-7-17(25)19(18)20(22)26/h3-4,6-9,14,20,25-26H,2,5,10-13,22H2,1H3/t14-,20?/m1/s1. The van der Waals surface area contributed by atoms with Gasteiger partial charge in [0.2, 0.25) is 0 Å². The number of hydrogen-bond acceptors (Lipinski definition) is 7. The number of aromatic nitrogens is 1. The Hall–Kier alpha value is -2.29. The Morgan fingerprint density at radius 3 is 3.00 bits per heavy atom. The van der Waals surface area contributed by atoms with Crippen LogP contribution in [-0.4, -0.2) is 56.7 Å². The van der Waals surface area contributed by atoms with Crippen molar-refractivity contribution in [1.82, 2.24) is 9.88 Å². The first-order valence-electron chi connectivity index (χ1n) is 9.73. The fourth-order valence-corrected chi connectivity index (χ4v) is 4.47. The Kier molecular flexibility index (Phi) is 7.35. The maximum atomic E-state index is 13.3. The molecule has 1 aromatic carbocycles. The van der Waals surface area contributed by atoms with Gasteiger partial charge in [-0.25, -0.2) is 0 Å². The van der Waals surface area contributed by atoms with Gasteiger partial charge >= 0.3 is 0 Å². The normalized spacial score (nSPS) is 17.8. The number of aryl methyl sites for hydroxylation is 1. The quantitative estimate of drug-likeness (QED) is 0.593. The van der Waals surface area contributed by atoms with Crippen molar-refractivity contribution in [3.8, 4) is 11.5 Å². The number of ether oxygens (including phenoxy) is 1. The van der Waals surface area contributed by atoms with Crippen LogP contribution in [0.2, 0.25) is 0 Å². The van der Waals surface area contributed by atoms with Crippen molar-refractivity contribution >= 4 is 17.7 Å². The largest absolute Gasteiger partial charge is 0.507 e. The van der Waals surface area contributed by atoms with Gasteiger partial charge in [-0.2, -0.15) is 11.8 Å². The third-order valence-electron chi connectivity index (χ3n) is 4.87. The van der Waals surface area contributed by atoms with Crippen LogP contribution < -0.4 is 10.5 Å². The molecule has 1 unspecified atom stereocenters. The molecule has 0 saturated carbocycles. The number of aliphatic hydroxyl groups is 1. The number of nitrogens with two attached hydrogens (primary N) is 1. The number of carbonyl (C=O) groups is 1. The molecule has 1 aliphatic heterocycles.